The highest BCUT2D eigenvalue weighted by molar-refractivity contribution is 7.39. The van der Waals surface area contributed by atoms with E-state index in [0.29, 0.717) is 6.61 Å². The van der Waals surface area contributed by atoms with E-state index in [2.05, 4.69) is 43.3 Å². The molecular formula is C27H41O3P. The number of hydrogen-bond acceptors (Lipinski definition) is 3. The van der Waals surface area contributed by atoms with Crippen molar-refractivity contribution in [1.82, 2.24) is 0 Å². The summed E-state index contributed by atoms with van der Waals surface area (Å²) in [5, 5.41) is 0. The molecule has 4 heteroatoms. The average Bonchev–Trinajstić information content (AvgIpc) is 2.80. The molecule has 0 fully saturated rings. The summed E-state index contributed by atoms with van der Waals surface area (Å²) in [5.41, 5.74) is 2.47. The van der Waals surface area contributed by atoms with Gasteiger partial charge in [0, 0.05) is 0 Å². The zero-order valence-electron chi connectivity index (χ0n) is 19.2. The Hall–Kier alpha value is -1.51. The smallest absolute Gasteiger partial charge is 0.327 e. The Balaban J connectivity index is 0.000000314. The first-order valence-corrected chi connectivity index (χ1v) is 13.0. The van der Waals surface area contributed by atoms with Crippen LogP contribution in [0, 0.1) is 0 Å². The van der Waals surface area contributed by atoms with Crippen molar-refractivity contribution in [3.05, 3.63) is 71.8 Å². The van der Waals surface area contributed by atoms with Gasteiger partial charge in [-0.2, -0.15) is 0 Å². The third-order valence-electron chi connectivity index (χ3n) is 5.02. The van der Waals surface area contributed by atoms with Crippen molar-refractivity contribution in [2.75, 3.05) is 6.61 Å². The zero-order chi connectivity index (χ0) is 22.4. The second-order valence-electron chi connectivity index (χ2n) is 7.78. The Bertz CT molecular complexity index is 603. The first-order chi connectivity index (χ1) is 15.2. The molecule has 0 aliphatic heterocycles. The molecular weight excluding hydrogens is 403 g/mol. The molecule has 2 N–H and O–H groups in total. The molecule has 0 saturated carbocycles. The molecule has 0 radical (unpaired) electrons. The molecule has 0 amide bonds. The van der Waals surface area contributed by atoms with E-state index >= 15 is 0 Å². The number of unbranched alkanes of at least 4 members (excludes halogenated alkanes) is 10. The van der Waals surface area contributed by atoms with Gasteiger partial charge < -0.3 is 14.3 Å². The molecule has 2 aromatic carbocycles. The maximum atomic E-state index is 8.51. The highest BCUT2D eigenvalue weighted by Gasteiger charge is 1.98. The predicted octanol–water partition coefficient (Wildman–Crippen LogP) is 8.38. The van der Waals surface area contributed by atoms with E-state index in [1.807, 2.05) is 36.4 Å². The maximum Gasteiger partial charge on any atom is 0.327 e. The van der Waals surface area contributed by atoms with Crippen LogP contribution in [0.4, 0.5) is 0 Å². The fraction of sp³-hybridized carbons (Fsp3) is 0.481. The molecule has 0 spiro atoms. The minimum atomic E-state index is -2.14. The highest BCUT2D eigenvalue weighted by Crippen LogP contribution is 2.24. The van der Waals surface area contributed by atoms with Crippen molar-refractivity contribution in [3.8, 4) is 0 Å². The van der Waals surface area contributed by atoms with E-state index in [9.17, 15) is 0 Å². The molecule has 31 heavy (non-hydrogen) atoms. The molecule has 0 unspecified atom stereocenters. The van der Waals surface area contributed by atoms with Crippen LogP contribution in [0.2, 0.25) is 0 Å². The van der Waals surface area contributed by atoms with Gasteiger partial charge in [0.25, 0.3) is 0 Å². The first kappa shape index (κ1) is 27.5. The fourth-order valence-corrected chi connectivity index (χ4v) is 3.53. The van der Waals surface area contributed by atoms with Crippen LogP contribution in [0.25, 0.3) is 12.2 Å². The standard InChI is InChI=1S/C14H12.C13H29O3P/c1-3-7-13(8-4-1)11-12-14-9-5-2-6-10-14;1-2-3-4-5-6-7-8-9-10-11-12-13-16-17(14)15/h1-12H;14-15H,2-13H2,1H3. The van der Waals surface area contributed by atoms with Crippen molar-refractivity contribution >= 4 is 20.8 Å². The molecule has 3 nitrogen and oxygen atoms in total. The minimum absolute atomic E-state index is 0.482. The van der Waals surface area contributed by atoms with Gasteiger partial charge in [-0.05, 0) is 17.5 Å². The summed E-state index contributed by atoms with van der Waals surface area (Å²) in [6.07, 6.45) is 18.5. The lowest BCUT2D eigenvalue weighted by atomic mass is 10.1. The summed E-state index contributed by atoms with van der Waals surface area (Å²) >= 11 is 0. The third kappa shape index (κ3) is 17.8. The summed E-state index contributed by atoms with van der Waals surface area (Å²) < 4.78 is 4.70. The molecule has 0 saturated heterocycles. The van der Waals surface area contributed by atoms with Crippen molar-refractivity contribution in [1.29, 1.82) is 0 Å². The van der Waals surface area contributed by atoms with E-state index in [-0.39, 0.29) is 0 Å². The molecule has 0 heterocycles. The van der Waals surface area contributed by atoms with Crippen molar-refractivity contribution in [2.45, 2.75) is 77.6 Å². The summed E-state index contributed by atoms with van der Waals surface area (Å²) in [7, 11) is -2.14. The lowest BCUT2D eigenvalue weighted by molar-refractivity contribution is 0.248. The van der Waals surface area contributed by atoms with Gasteiger partial charge in [-0.25, -0.2) is 0 Å². The van der Waals surface area contributed by atoms with Crippen LogP contribution < -0.4 is 0 Å². The van der Waals surface area contributed by atoms with E-state index in [1.54, 1.807) is 0 Å². The van der Waals surface area contributed by atoms with Crippen LogP contribution in [0.15, 0.2) is 60.7 Å². The van der Waals surface area contributed by atoms with E-state index in [4.69, 9.17) is 14.3 Å². The lowest BCUT2D eigenvalue weighted by Crippen LogP contribution is -1.89. The van der Waals surface area contributed by atoms with Gasteiger partial charge in [0.05, 0.1) is 6.61 Å². The van der Waals surface area contributed by atoms with E-state index in [0.717, 1.165) is 12.8 Å². The quantitative estimate of drug-likeness (QED) is 0.165. The van der Waals surface area contributed by atoms with Crippen LogP contribution >= 0.6 is 8.60 Å². The van der Waals surface area contributed by atoms with Crippen molar-refractivity contribution < 1.29 is 14.3 Å². The van der Waals surface area contributed by atoms with Crippen LogP contribution in [0.1, 0.15) is 88.7 Å². The Kier molecular flexibility index (Phi) is 18.1. The lowest BCUT2D eigenvalue weighted by Gasteiger charge is -2.04. The van der Waals surface area contributed by atoms with Crippen LogP contribution in [0.5, 0.6) is 0 Å². The molecule has 0 aliphatic rings. The SMILES string of the molecule is C(=Cc1ccccc1)c1ccccc1.CCCCCCCCCCCCCOP(O)O. The van der Waals surface area contributed by atoms with Crippen LogP contribution in [-0.4, -0.2) is 16.4 Å². The maximum absolute atomic E-state index is 8.51. The summed E-state index contributed by atoms with van der Waals surface area (Å²) in [4.78, 5) is 17.0. The minimum Gasteiger partial charge on any atom is -0.328 e. The highest BCUT2D eigenvalue weighted by atomic mass is 31.2. The molecule has 0 bridgehead atoms. The predicted molar refractivity (Wildman–Crippen MR) is 136 cm³/mol. The Morgan fingerprint density at radius 1 is 0.613 bits per heavy atom. The number of hydrogen-bond donors (Lipinski definition) is 2. The number of rotatable bonds is 15. The van der Waals surface area contributed by atoms with Crippen molar-refractivity contribution in [3.63, 3.8) is 0 Å². The third-order valence-corrected chi connectivity index (χ3v) is 5.44. The second-order valence-corrected chi connectivity index (χ2v) is 8.54. The summed E-state index contributed by atoms with van der Waals surface area (Å²) in [5.74, 6) is 0. The molecule has 0 atom stereocenters. The van der Waals surface area contributed by atoms with Gasteiger partial charge in [-0.1, -0.05) is 144 Å². The van der Waals surface area contributed by atoms with E-state index in [1.165, 1.54) is 68.9 Å². The van der Waals surface area contributed by atoms with Gasteiger partial charge in [-0.3, -0.25) is 0 Å². The second kappa shape index (κ2) is 20.4. The van der Waals surface area contributed by atoms with Gasteiger partial charge in [0.15, 0.2) is 0 Å². The number of benzene rings is 2. The molecule has 0 aromatic heterocycles. The summed E-state index contributed by atoms with van der Waals surface area (Å²) in [6, 6.07) is 20.6. The first-order valence-electron chi connectivity index (χ1n) is 11.8. The average molecular weight is 445 g/mol. The fourth-order valence-electron chi connectivity index (χ4n) is 3.23. The van der Waals surface area contributed by atoms with Gasteiger partial charge in [0.1, 0.15) is 0 Å². The molecule has 0 aliphatic carbocycles. The largest absolute Gasteiger partial charge is 0.328 e. The Morgan fingerprint density at radius 2 is 1.00 bits per heavy atom. The van der Waals surface area contributed by atoms with Gasteiger partial charge in [0.2, 0.25) is 0 Å². The van der Waals surface area contributed by atoms with Gasteiger partial charge in [-0.15, -0.1) is 0 Å². The molecule has 2 rings (SSSR count). The monoisotopic (exact) mass is 444 g/mol. The van der Waals surface area contributed by atoms with E-state index < -0.39 is 8.60 Å². The zero-order valence-corrected chi connectivity index (χ0v) is 20.1. The Morgan fingerprint density at radius 3 is 1.39 bits per heavy atom. The van der Waals surface area contributed by atoms with Gasteiger partial charge >= 0.3 is 8.60 Å². The molecule has 172 valence electrons. The topological polar surface area (TPSA) is 49.7 Å². The molecule has 2 aromatic rings. The Labute approximate surface area is 191 Å². The van der Waals surface area contributed by atoms with Crippen LogP contribution in [0.3, 0.4) is 0 Å². The van der Waals surface area contributed by atoms with Crippen molar-refractivity contribution in [2.24, 2.45) is 0 Å². The normalized spacial score (nSPS) is 11.0. The summed E-state index contributed by atoms with van der Waals surface area (Å²) in [6.45, 7) is 2.73. The van der Waals surface area contributed by atoms with Crippen LogP contribution in [-0.2, 0) is 4.52 Å².